The van der Waals surface area contributed by atoms with E-state index in [0.717, 1.165) is 6.42 Å². The maximum absolute atomic E-state index is 14.2. The number of carbonyl (C=O) groups excluding carboxylic acids is 1. The Balaban J connectivity index is 1.60. The van der Waals surface area contributed by atoms with Gasteiger partial charge in [0, 0.05) is 5.56 Å². The van der Waals surface area contributed by atoms with Gasteiger partial charge in [0.1, 0.15) is 24.1 Å². The summed E-state index contributed by atoms with van der Waals surface area (Å²) in [6, 6.07) is 16.1. The molecule has 2 heterocycles. The summed E-state index contributed by atoms with van der Waals surface area (Å²) in [7, 11) is 4.59. The number of esters is 1. The molecule has 48 heavy (non-hydrogen) atoms. The first kappa shape index (κ1) is 34.0. The molecule has 0 amide bonds. The molecule has 1 N–H and O–H groups in total. The number of rotatable bonds is 13. The highest BCUT2D eigenvalue weighted by molar-refractivity contribution is 7.07. The number of carboxylic acid groups (broad SMARTS) is 1. The lowest BCUT2D eigenvalue weighted by Gasteiger charge is -2.27. The van der Waals surface area contributed by atoms with Gasteiger partial charge in [-0.3, -0.25) is 9.36 Å². The summed E-state index contributed by atoms with van der Waals surface area (Å²) in [5, 5.41) is 9.29. The van der Waals surface area contributed by atoms with Crippen molar-refractivity contribution in [3.63, 3.8) is 0 Å². The molecule has 0 bridgehead atoms. The van der Waals surface area contributed by atoms with Crippen LogP contribution in [0.3, 0.4) is 0 Å². The largest absolute Gasteiger partial charge is 0.497 e. The monoisotopic (exact) mass is 672 g/mol. The number of nitrogens with zero attached hydrogens (tertiary/aromatic N) is 2. The van der Waals surface area contributed by atoms with E-state index in [1.54, 1.807) is 74.7 Å². The molecule has 0 unspecified atom stereocenters. The maximum atomic E-state index is 14.2. The van der Waals surface area contributed by atoms with Crippen molar-refractivity contribution in [3.8, 4) is 23.0 Å². The van der Waals surface area contributed by atoms with Crippen LogP contribution in [0.4, 0.5) is 0 Å². The average Bonchev–Trinajstić information content (AvgIpc) is 3.40. The molecule has 1 atom stereocenters. The summed E-state index contributed by atoms with van der Waals surface area (Å²) in [6.45, 7) is 4.02. The lowest BCUT2D eigenvalue weighted by molar-refractivity contribution is -0.139. The second-order valence-electron chi connectivity index (χ2n) is 10.7. The first-order valence-electron chi connectivity index (χ1n) is 15.3. The van der Waals surface area contributed by atoms with Gasteiger partial charge in [0.25, 0.3) is 5.56 Å². The van der Waals surface area contributed by atoms with Crippen molar-refractivity contribution in [2.24, 2.45) is 4.99 Å². The second-order valence-corrected chi connectivity index (χ2v) is 11.7. The van der Waals surface area contributed by atoms with E-state index >= 15 is 0 Å². The minimum absolute atomic E-state index is 0.131. The van der Waals surface area contributed by atoms with Gasteiger partial charge in [-0.1, -0.05) is 42.9 Å². The van der Waals surface area contributed by atoms with Gasteiger partial charge < -0.3 is 28.8 Å². The predicted molar refractivity (Wildman–Crippen MR) is 180 cm³/mol. The molecule has 1 aromatic heterocycles. The quantitative estimate of drug-likeness (QED) is 0.197. The fourth-order valence-electron chi connectivity index (χ4n) is 5.47. The first-order chi connectivity index (χ1) is 23.2. The maximum Gasteiger partial charge on any atom is 0.338 e. The molecular formula is C36H36N2O9S. The molecule has 0 saturated carbocycles. The SMILES string of the molecule is CCCC1=C(C(=O)OCC)[C@H](c2cc(OC)ccc2OC)n2c(s/c(=C\c3ccc(OCc4cccc(C(=O)O)c4)c(OC)c3)c2=O)=N1. The third kappa shape index (κ3) is 6.98. The molecule has 3 aromatic carbocycles. The van der Waals surface area contributed by atoms with Crippen LogP contribution in [0, 0.1) is 0 Å². The Labute approximate surface area is 281 Å². The van der Waals surface area contributed by atoms with Gasteiger partial charge in [-0.05, 0) is 73.0 Å². The molecule has 1 aliphatic rings. The third-order valence-electron chi connectivity index (χ3n) is 7.68. The lowest BCUT2D eigenvalue weighted by Crippen LogP contribution is -2.40. The van der Waals surface area contributed by atoms with Crippen molar-refractivity contribution >= 4 is 29.4 Å². The first-order valence-corrected chi connectivity index (χ1v) is 16.1. The fourth-order valence-corrected chi connectivity index (χ4v) is 6.49. The van der Waals surface area contributed by atoms with Crippen LogP contribution < -0.4 is 33.8 Å². The molecular weight excluding hydrogens is 636 g/mol. The van der Waals surface area contributed by atoms with Crippen molar-refractivity contribution in [2.75, 3.05) is 27.9 Å². The van der Waals surface area contributed by atoms with E-state index in [9.17, 15) is 19.5 Å². The Bertz CT molecular complexity index is 2060. The van der Waals surface area contributed by atoms with E-state index in [1.807, 2.05) is 6.92 Å². The number of thiazole rings is 1. The van der Waals surface area contributed by atoms with Crippen LogP contribution >= 0.6 is 11.3 Å². The van der Waals surface area contributed by atoms with Crippen molar-refractivity contribution in [1.82, 2.24) is 4.57 Å². The molecule has 250 valence electrons. The molecule has 0 saturated heterocycles. The van der Waals surface area contributed by atoms with Crippen LogP contribution in [0.25, 0.3) is 6.08 Å². The highest BCUT2D eigenvalue weighted by atomic mass is 32.1. The number of fused-ring (bicyclic) bond motifs is 1. The average molecular weight is 673 g/mol. The number of benzene rings is 3. The third-order valence-corrected chi connectivity index (χ3v) is 8.66. The number of allylic oxidation sites excluding steroid dienone is 1. The topological polar surface area (TPSA) is 135 Å². The van der Waals surface area contributed by atoms with Crippen LogP contribution in [0.1, 0.15) is 59.8 Å². The van der Waals surface area contributed by atoms with E-state index in [0.29, 0.717) is 61.1 Å². The van der Waals surface area contributed by atoms with Crippen molar-refractivity contribution in [1.29, 1.82) is 0 Å². The number of carbonyl (C=O) groups is 2. The summed E-state index contributed by atoms with van der Waals surface area (Å²) < 4.78 is 30.2. The molecule has 12 heteroatoms. The van der Waals surface area contributed by atoms with E-state index in [4.69, 9.17) is 28.7 Å². The number of ether oxygens (including phenoxy) is 5. The van der Waals surface area contributed by atoms with Gasteiger partial charge in [0.2, 0.25) is 0 Å². The summed E-state index contributed by atoms with van der Waals surface area (Å²) in [5.74, 6) is 0.324. The number of methoxy groups -OCH3 is 3. The van der Waals surface area contributed by atoms with Gasteiger partial charge in [0.15, 0.2) is 16.3 Å². The van der Waals surface area contributed by atoms with E-state index in [1.165, 1.54) is 36.2 Å². The standard InChI is InChI=1S/C36H36N2O9S/c1-6-9-26-31(35(42)46-7-2)32(25-19-24(43-3)13-15-27(25)44-4)38-33(39)30(48-36(38)37-26)18-21-12-14-28(29(17-21)45-5)47-20-22-10-8-11-23(16-22)34(40)41/h8,10-19,32H,6-7,9,20H2,1-5H3,(H,40,41)/b30-18-/t32-/m0/s1. The zero-order chi connectivity index (χ0) is 34.4. The zero-order valence-corrected chi connectivity index (χ0v) is 28.1. The Morgan fingerprint density at radius 2 is 1.73 bits per heavy atom. The highest BCUT2D eigenvalue weighted by Gasteiger charge is 2.36. The molecule has 5 rings (SSSR count). The van der Waals surface area contributed by atoms with E-state index < -0.39 is 18.0 Å². The molecule has 11 nitrogen and oxygen atoms in total. The smallest absolute Gasteiger partial charge is 0.338 e. The van der Waals surface area contributed by atoms with Crippen LogP contribution in [-0.4, -0.2) is 49.5 Å². The molecule has 0 spiro atoms. The Morgan fingerprint density at radius 3 is 2.42 bits per heavy atom. The summed E-state index contributed by atoms with van der Waals surface area (Å²) in [6.07, 6.45) is 2.96. The van der Waals surface area contributed by atoms with Gasteiger partial charge >= 0.3 is 11.9 Å². The Hall–Kier alpha value is -5.36. The van der Waals surface area contributed by atoms with E-state index in [-0.39, 0.29) is 29.9 Å². The number of hydrogen-bond acceptors (Lipinski definition) is 10. The van der Waals surface area contributed by atoms with Gasteiger partial charge in [-0.25, -0.2) is 14.6 Å². The molecule has 0 radical (unpaired) electrons. The van der Waals surface area contributed by atoms with Gasteiger partial charge in [-0.15, -0.1) is 0 Å². The predicted octanol–water partition coefficient (Wildman–Crippen LogP) is 4.88. The summed E-state index contributed by atoms with van der Waals surface area (Å²) in [4.78, 5) is 44.4. The zero-order valence-electron chi connectivity index (χ0n) is 27.3. The van der Waals surface area contributed by atoms with Gasteiger partial charge in [0.05, 0.1) is 49.3 Å². The fraction of sp³-hybridized carbons (Fsp3) is 0.278. The molecule has 0 fully saturated rings. The molecule has 4 aromatic rings. The normalized spacial score (nSPS) is 14.2. The van der Waals surface area contributed by atoms with Crippen molar-refractivity contribution < 1.29 is 38.4 Å². The minimum Gasteiger partial charge on any atom is -0.497 e. The van der Waals surface area contributed by atoms with Crippen molar-refractivity contribution in [2.45, 2.75) is 39.3 Å². The van der Waals surface area contributed by atoms with Crippen LogP contribution in [-0.2, 0) is 16.1 Å². The minimum atomic E-state index is -1.02. The van der Waals surface area contributed by atoms with Crippen LogP contribution in [0.15, 0.2) is 81.7 Å². The Kier molecular flexibility index (Phi) is 10.6. The lowest BCUT2D eigenvalue weighted by atomic mass is 9.93. The molecule has 1 aliphatic heterocycles. The van der Waals surface area contributed by atoms with Crippen LogP contribution in [0.5, 0.6) is 23.0 Å². The summed E-state index contributed by atoms with van der Waals surface area (Å²) in [5.41, 5.74) is 2.58. The van der Waals surface area contributed by atoms with E-state index in [2.05, 4.69) is 0 Å². The number of hydrogen-bond donors (Lipinski definition) is 1. The number of aromatic nitrogens is 1. The Morgan fingerprint density at radius 1 is 0.958 bits per heavy atom. The summed E-state index contributed by atoms with van der Waals surface area (Å²) >= 11 is 1.21. The van der Waals surface area contributed by atoms with Crippen LogP contribution in [0.2, 0.25) is 0 Å². The highest BCUT2D eigenvalue weighted by Crippen LogP contribution is 2.39. The van der Waals surface area contributed by atoms with Gasteiger partial charge in [-0.2, -0.15) is 0 Å². The van der Waals surface area contributed by atoms with Crippen molar-refractivity contribution in [3.05, 3.63) is 114 Å². The second kappa shape index (κ2) is 15.0. The number of aromatic carboxylic acids is 1. The molecule has 0 aliphatic carbocycles. The number of carboxylic acids is 1.